The van der Waals surface area contributed by atoms with Gasteiger partial charge in [0.2, 0.25) is 0 Å². The lowest BCUT2D eigenvalue weighted by atomic mass is 9.98. The number of hydrogen-bond acceptors (Lipinski definition) is 1. The number of benzene rings is 2. The molecule has 0 aromatic heterocycles. The Bertz CT molecular complexity index is 669. The molecule has 0 saturated carbocycles. The fourth-order valence-electron chi connectivity index (χ4n) is 1.79. The minimum Gasteiger partial charge on any atom is -0.478 e. The third kappa shape index (κ3) is 2.58. The van der Waals surface area contributed by atoms with Crippen molar-refractivity contribution in [1.82, 2.24) is 0 Å². The first-order chi connectivity index (χ1) is 8.90. The zero-order valence-electron chi connectivity index (χ0n) is 9.88. The normalized spacial score (nSPS) is 10.5. The van der Waals surface area contributed by atoms with Crippen molar-refractivity contribution in [2.75, 3.05) is 0 Å². The first-order valence-electron chi connectivity index (χ1n) is 5.39. The van der Waals surface area contributed by atoms with Gasteiger partial charge in [0.25, 0.3) is 0 Å². The predicted molar refractivity (Wildman–Crippen MR) is 68.5 cm³/mol. The Labute approximate surface area is 113 Å². The Morgan fingerprint density at radius 2 is 1.84 bits per heavy atom. The summed E-state index contributed by atoms with van der Waals surface area (Å²) in [6.07, 6.45) is 0. The van der Waals surface area contributed by atoms with E-state index >= 15 is 0 Å². The first kappa shape index (κ1) is 13.5. The van der Waals surface area contributed by atoms with Crippen LogP contribution >= 0.6 is 11.6 Å². The van der Waals surface area contributed by atoms with Gasteiger partial charge in [-0.05, 0) is 42.3 Å². The number of carboxylic acids is 1. The van der Waals surface area contributed by atoms with Crippen LogP contribution in [0.5, 0.6) is 0 Å². The predicted octanol–water partition coefficient (Wildman–Crippen LogP) is 4.29. The molecular formula is C14H9ClF2O2. The van der Waals surface area contributed by atoms with Crippen molar-refractivity contribution in [2.24, 2.45) is 0 Å². The van der Waals surface area contributed by atoms with Crippen molar-refractivity contribution in [1.29, 1.82) is 0 Å². The monoisotopic (exact) mass is 282 g/mol. The van der Waals surface area contributed by atoms with Crippen LogP contribution < -0.4 is 0 Å². The molecule has 0 aliphatic carbocycles. The van der Waals surface area contributed by atoms with Gasteiger partial charge in [0, 0.05) is 5.56 Å². The number of carbonyl (C=O) groups is 1. The van der Waals surface area contributed by atoms with E-state index in [1.54, 1.807) is 6.92 Å². The van der Waals surface area contributed by atoms with Crippen LogP contribution in [0.1, 0.15) is 15.9 Å². The van der Waals surface area contributed by atoms with Gasteiger partial charge in [-0.15, -0.1) is 0 Å². The molecule has 2 rings (SSSR count). The summed E-state index contributed by atoms with van der Waals surface area (Å²) in [6, 6.07) is 5.92. The van der Waals surface area contributed by atoms with E-state index in [1.165, 1.54) is 12.1 Å². The van der Waals surface area contributed by atoms with Crippen molar-refractivity contribution >= 4 is 17.6 Å². The van der Waals surface area contributed by atoms with Crippen LogP contribution in [-0.2, 0) is 0 Å². The molecule has 0 aliphatic rings. The van der Waals surface area contributed by atoms with Crippen molar-refractivity contribution in [3.05, 3.63) is 58.1 Å². The fraction of sp³-hybridized carbons (Fsp3) is 0.0714. The molecule has 0 unspecified atom stereocenters. The molecule has 0 radical (unpaired) electrons. The fourth-order valence-corrected chi connectivity index (χ4v) is 2.04. The maximum Gasteiger partial charge on any atom is 0.336 e. The van der Waals surface area contributed by atoms with E-state index < -0.39 is 17.6 Å². The minimum absolute atomic E-state index is 0.0807. The summed E-state index contributed by atoms with van der Waals surface area (Å²) < 4.78 is 26.4. The van der Waals surface area contributed by atoms with Crippen molar-refractivity contribution < 1.29 is 18.7 Å². The molecule has 1 N–H and O–H groups in total. The van der Waals surface area contributed by atoms with Crippen LogP contribution in [0.4, 0.5) is 8.78 Å². The smallest absolute Gasteiger partial charge is 0.336 e. The molecule has 2 nitrogen and oxygen atoms in total. The number of hydrogen-bond donors (Lipinski definition) is 1. The van der Waals surface area contributed by atoms with Gasteiger partial charge >= 0.3 is 5.97 Å². The van der Waals surface area contributed by atoms with E-state index in [0.717, 1.165) is 18.2 Å². The van der Waals surface area contributed by atoms with E-state index in [-0.39, 0.29) is 16.1 Å². The SMILES string of the molecule is Cc1cc(-c2ccc(F)cc2C(=O)O)c(Cl)cc1F. The van der Waals surface area contributed by atoms with Crippen LogP contribution in [0.2, 0.25) is 5.02 Å². The van der Waals surface area contributed by atoms with Crippen molar-refractivity contribution in [3.8, 4) is 11.1 Å². The average molecular weight is 283 g/mol. The minimum atomic E-state index is -1.27. The van der Waals surface area contributed by atoms with Crippen molar-refractivity contribution in [3.63, 3.8) is 0 Å². The number of aryl methyl sites for hydroxylation is 1. The summed E-state index contributed by atoms with van der Waals surface area (Å²) >= 11 is 5.93. The molecule has 0 spiro atoms. The van der Waals surface area contributed by atoms with Crippen LogP contribution in [0.15, 0.2) is 30.3 Å². The van der Waals surface area contributed by atoms with Crippen LogP contribution in [0, 0.1) is 18.6 Å². The van der Waals surface area contributed by atoms with Crippen molar-refractivity contribution in [2.45, 2.75) is 6.92 Å². The number of rotatable bonds is 2. The van der Waals surface area contributed by atoms with Gasteiger partial charge in [-0.1, -0.05) is 17.7 Å². The molecule has 0 bridgehead atoms. The van der Waals surface area contributed by atoms with Gasteiger partial charge < -0.3 is 5.11 Å². The largest absolute Gasteiger partial charge is 0.478 e. The number of halogens is 3. The van der Waals surface area contributed by atoms with Gasteiger partial charge in [-0.2, -0.15) is 0 Å². The molecule has 0 heterocycles. The van der Waals surface area contributed by atoms with E-state index in [9.17, 15) is 13.6 Å². The number of aromatic carboxylic acids is 1. The highest BCUT2D eigenvalue weighted by Gasteiger charge is 2.16. The zero-order valence-corrected chi connectivity index (χ0v) is 10.6. The molecule has 0 fully saturated rings. The Morgan fingerprint density at radius 3 is 2.47 bits per heavy atom. The molecule has 5 heteroatoms. The van der Waals surface area contributed by atoms with E-state index in [0.29, 0.717) is 11.1 Å². The summed E-state index contributed by atoms with van der Waals surface area (Å²) in [6.45, 7) is 1.54. The van der Waals surface area contributed by atoms with Gasteiger partial charge in [0.1, 0.15) is 11.6 Å². The maximum atomic E-state index is 13.3. The summed E-state index contributed by atoms with van der Waals surface area (Å²) in [5.74, 6) is -2.41. The quantitative estimate of drug-likeness (QED) is 0.892. The highest BCUT2D eigenvalue weighted by atomic mass is 35.5. The van der Waals surface area contributed by atoms with Crippen LogP contribution in [-0.4, -0.2) is 11.1 Å². The second-order valence-electron chi connectivity index (χ2n) is 4.08. The lowest BCUT2D eigenvalue weighted by molar-refractivity contribution is 0.0697. The van der Waals surface area contributed by atoms with E-state index in [4.69, 9.17) is 16.7 Å². The first-order valence-corrected chi connectivity index (χ1v) is 5.77. The molecule has 2 aromatic rings. The van der Waals surface area contributed by atoms with E-state index in [1.807, 2.05) is 0 Å². The zero-order chi connectivity index (χ0) is 14.2. The molecule has 19 heavy (non-hydrogen) atoms. The second-order valence-corrected chi connectivity index (χ2v) is 4.48. The highest BCUT2D eigenvalue weighted by molar-refractivity contribution is 6.33. The topological polar surface area (TPSA) is 37.3 Å². The molecule has 0 saturated heterocycles. The standard InChI is InChI=1S/C14H9ClF2O2/c1-7-4-10(12(15)6-13(7)17)9-3-2-8(16)5-11(9)14(18)19/h2-6H,1H3,(H,18,19). The summed E-state index contributed by atoms with van der Waals surface area (Å²) in [7, 11) is 0. The van der Waals surface area contributed by atoms with Gasteiger partial charge in [-0.25, -0.2) is 13.6 Å². The Morgan fingerprint density at radius 1 is 1.16 bits per heavy atom. The van der Waals surface area contributed by atoms with Gasteiger partial charge in [0.05, 0.1) is 10.6 Å². The molecule has 0 aliphatic heterocycles. The Balaban J connectivity index is 2.72. The van der Waals surface area contributed by atoms with Crippen LogP contribution in [0.25, 0.3) is 11.1 Å². The molecule has 98 valence electrons. The highest BCUT2D eigenvalue weighted by Crippen LogP contribution is 2.33. The molecule has 0 amide bonds. The summed E-state index contributed by atoms with van der Waals surface area (Å²) in [4.78, 5) is 11.1. The second kappa shape index (κ2) is 4.97. The Kier molecular flexibility index (Phi) is 3.53. The molecule has 2 aromatic carbocycles. The maximum absolute atomic E-state index is 13.3. The lowest BCUT2D eigenvalue weighted by Crippen LogP contribution is -2.01. The number of carboxylic acid groups (broad SMARTS) is 1. The van der Waals surface area contributed by atoms with Crippen LogP contribution in [0.3, 0.4) is 0 Å². The summed E-state index contributed by atoms with van der Waals surface area (Å²) in [5.41, 5.74) is 0.730. The Hall–Kier alpha value is -1.94. The van der Waals surface area contributed by atoms with E-state index in [2.05, 4.69) is 0 Å². The third-order valence-electron chi connectivity index (χ3n) is 2.75. The average Bonchev–Trinajstić information content (AvgIpc) is 2.34. The molecular weight excluding hydrogens is 274 g/mol. The molecule has 0 atom stereocenters. The van der Waals surface area contributed by atoms with Gasteiger partial charge in [-0.3, -0.25) is 0 Å². The summed E-state index contributed by atoms with van der Waals surface area (Å²) in [5, 5.41) is 9.16. The van der Waals surface area contributed by atoms with Gasteiger partial charge in [0.15, 0.2) is 0 Å². The lowest BCUT2D eigenvalue weighted by Gasteiger charge is -2.10. The third-order valence-corrected chi connectivity index (χ3v) is 3.06.